The van der Waals surface area contributed by atoms with E-state index in [1.807, 2.05) is 0 Å². The van der Waals surface area contributed by atoms with Crippen molar-refractivity contribution in [2.45, 2.75) is 20.0 Å². The summed E-state index contributed by atoms with van der Waals surface area (Å²) in [4.78, 5) is 12.1. The molecule has 0 saturated carbocycles. The van der Waals surface area contributed by atoms with Gasteiger partial charge in [0.1, 0.15) is 5.75 Å². The van der Waals surface area contributed by atoms with Crippen molar-refractivity contribution in [3.8, 4) is 5.75 Å². The highest BCUT2D eigenvalue weighted by Crippen LogP contribution is 2.39. The van der Waals surface area contributed by atoms with E-state index in [0.717, 1.165) is 3.57 Å². The number of hydrogen-bond donors (Lipinski definition) is 4. The van der Waals surface area contributed by atoms with Gasteiger partial charge in [-0.25, -0.2) is 0 Å². The first-order valence-corrected chi connectivity index (χ1v) is 8.80. The highest BCUT2D eigenvalue weighted by molar-refractivity contribution is 14.1. The Kier molecular flexibility index (Phi) is 6.07. The molecular weight excluding hydrogens is 431 g/mol. The molecule has 0 aromatic heterocycles. The predicted molar refractivity (Wildman–Crippen MR) is 108 cm³/mol. The van der Waals surface area contributed by atoms with Gasteiger partial charge < -0.3 is 21.3 Å². The Hall–Kier alpha value is -2.06. The summed E-state index contributed by atoms with van der Waals surface area (Å²) in [5.74, 6) is -0.319. The summed E-state index contributed by atoms with van der Waals surface area (Å²) in [5.41, 5.74) is 6.47. The fourth-order valence-electron chi connectivity index (χ4n) is 2.31. The number of nitrogen functional groups attached to an aromatic ring is 1. The van der Waals surface area contributed by atoms with Crippen LogP contribution in [0.25, 0.3) is 0 Å². The van der Waals surface area contributed by atoms with Crippen molar-refractivity contribution >= 4 is 39.9 Å². The summed E-state index contributed by atoms with van der Waals surface area (Å²) in [5, 5.41) is 23.3. The number of anilines is 2. The molecule has 1 amide bonds. The third kappa shape index (κ3) is 4.96. The van der Waals surface area contributed by atoms with Gasteiger partial charge in [0, 0.05) is 14.5 Å². The highest BCUT2D eigenvalue weighted by atomic mass is 127. The number of benzene rings is 2. The number of aliphatic hydroxyl groups is 1. The Morgan fingerprint density at radius 1 is 1.28 bits per heavy atom. The monoisotopic (exact) mass is 452 g/mol. The molecule has 1 atom stereocenters. The van der Waals surface area contributed by atoms with Crippen LogP contribution in [0, 0.1) is 8.99 Å². The van der Waals surface area contributed by atoms with Gasteiger partial charge in [0.05, 0.1) is 17.5 Å². The third-order valence-electron chi connectivity index (χ3n) is 3.87. The largest absolute Gasteiger partial charge is 0.508 e. The molecule has 132 valence electrons. The summed E-state index contributed by atoms with van der Waals surface area (Å²) in [7, 11) is 0. The van der Waals surface area contributed by atoms with Gasteiger partial charge in [0.25, 0.3) is 0 Å². The predicted octanol–water partition coefficient (Wildman–Crippen LogP) is 3.83. The molecule has 25 heavy (non-hydrogen) atoms. The molecule has 0 saturated heterocycles. The average molecular weight is 452 g/mol. The molecule has 5 nitrogen and oxygen atoms in total. The Bertz CT molecular complexity index is 803. The lowest BCUT2D eigenvalue weighted by Gasteiger charge is -2.28. The lowest BCUT2D eigenvalue weighted by atomic mass is 9.82. The van der Waals surface area contributed by atoms with Crippen molar-refractivity contribution in [1.82, 2.24) is 0 Å². The lowest BCUT2D eigenvalue weighted by Crippen LogP contribution is -2.21. The van der Waals surface area contributed by atoms with E-state index < -0.39 is 11.5 Å². The number of carbonyl (C=O) groups excluding carboxylic acids is 1. The zero-order valence-corrected chi connectivity index (χ0v) is 16.2. The number of halogens is 1. The quantitative estimate of drug-likeness (QED) is 0.315. The van der Waals surface area contributed by atoms with Crippen LogP contribution in [0.5, 0.6) is 5.75 Å². The molecule has 0 aliphatic carbocycles. The number of phenolic OH excluding ortho intramolecular Hbond substituents is 1. The minimum atomic E-state index is -0.965. The number of para-hydroxylation sites is 2. The van der Waals surface area contributed by atoms with Crippen LogP contribution in [0.2, 0.25) is 0 Å². The minimum absolute atomic E-state index is 0.0240. The number of amides is 1. The van der Waals surface area contributed by atoms with E-state index in [4.69, 9.17) is 5.73 Å². The first kappa shape index (κ1) is 19.3. The summed E-state index contributed by atoms with van der Waals surface area (Å²) < 4.78 is 0.904. The van der Waals surface area contributed by atoms with E-state index in [0.29, 0.717) is 16.9 Å². The number of aliphatic hydroxyl groups excluding tert-OH is 1. The number of nitrogens with one attached hydrogen (secondary N) is 1. The zero-order chi connectivity index (χ0) is 18.6. The maximum atomic E-state index is 12.1. The van der Waals surface area contributed by atoms with Gasteiger partial charge in [0.2, 0.25) is 5.91 Å². The zero-order valence-electron chi connectivity index (χ0n) is 14.0. The number of hydrogen-bond acceptors (Lipinski definition) is 4. The molecule has 0 fully saturated rings. The fraction of sp³-hybridized carbons (Fsp3) is 0.211. The maximum absolute atomic E-state index is 12.1. The summed E-state index contributed by atoms with van der Waals surface area (Å²) in [6.07, 6.45) is 2.01. The Balaban J connectivity index is 2.13. The third-order valence-corrected chi connectivity index (χ3v) is 4.54. The summed E-state index contributed by atoms with van der Waals surface area (Å²) >= 11 is 2.11. The van der Waals surface area contributed by atoms with Crippen LogP contribution in [0.1, 0.15) is 25.5 Å². The van der Waals surface area contributed by atoms with Gasteiger partial charge in [-0.15, -0.1) is 0 Å². The second-order valence-corrected chi connectivity index (χ2v) is 7.58. The van der Waals surface area contributed by atoms with Crippen molar-refractivity contribution in [1.29, 1.82) is 0 Å². The van der Waals surface area contributed by atoms with Crippen LogP contribution in [0.15, 0.2) is 54.6 Å². The van der Waals surface area contributed by atoms with Crippen molar-refractivity contribution in [2.75, 3.05) is 11.1 Å². The van der Waals surface area contributed by atoms with Crippen molar-refractivity contribution < 1.29 is 15.0 Å². The van der Waals surface area contributed by atoms with E-state index in [9.17, 15) is 15.0 Å². The molecule has 0 heterocycles. The molecule has 0 spiro atoms. The molecule has 6 heteroatoms. The number of phenols is 1. The number of aromatic hydroxyl groups is 1. The van der Waals surface area contributed by atoms with Crippen LogP contribution >= 0.6 is 22.6 Å². The first-order chi connectivity index (χ1) is 11.7. The lowest BCUT2D eigenvalue weighted by molar-refractivity contribution is -0.112. The van der Waals surface area contributed by atoms with Crippen LogP contribution in [0.4, 0.5) is 11.4 Å². The van der Waals surface area contributed by atoms with E-state index >= 15 is 0 Å². The molecule has 0 aliphatic rings. The number of rotatable bonds is 5. The number of carbonyl (C=O) groups is 1. The first-order valence-electron chi connectivity index (χ1n) is 7.72. The summed E-state index contributed by atoms with van der Waals surface area (Å²) in [6, 6.07) is 12.0. The Labute approximate surface area is 160 Å². The normalized spacial score (nSPS) is 13.0. The van der Waals surface area contributed by atoms with Gasteiger partial charge in [-0.1, -0.05) is 32.1 Å². The van der Waals surface area contributed by atoms with Gasteiger partial charge in [-0.2, -0.15) is 0 Å². The van der Waals surface area contributed by atoms with Crippen molar-refractivity contribution in [3.05, 3.63) is 63.8 Å². The van der Waals surface area contributed by atoms with Crippen molar-refractivity contribution in [3.63, 3.8) is 0 Å². The van der Waals surface area contributed by atoms with E-state index in [1.165, 1.54) is 6.08 Å². The average Bonchev–Trinajstić information content (AvgIpc) is 2.57. The fourth-order valence-corrected chi connectivity index (χ4v) is 2.83. The smallest absolute Gasteiger partial charge is 0.248 e. The van der Waals surface area contributed by atoms with Crippen LogP contribution in [-0.2, 0) is 4.79 Å². The molecule has 0 bridgehead atoms. The second kappa shape index (κ2) is 7.88. The van der Waals surface area contributed by atoms with E-state index in [2.05, 4.69) is 27.9 Å². The van der Waals surface area contributed by atoms with E-state index in [1.54, 1.807) is 62.4 Å². The molecule has 2 aromatic carbocycles. The molecule has 2 rings (SSSR count). The standard InChI is InChI=1S/C19H21IN2O3/c1-19(2,18(25)13-11-12(20)7-8-16(13)23)10-9-17(24)22-15-6-4-3-5-14(15)21/h3-11,18,23,25H,21H2,1-2H3,(H,22,24)/b10-9+/t18-/m1/s1. The Morgan fingerprint density at radius 3 is 2.64 bits per heavy atom. The highest BCUT2D eigenvalue weighted by Gasteiger charge is 2.29. The van der Waals surface area contributed by atoms with Gasteiger partial charge >= 0.3 is 0 Å². The Morgan fingerprint density at radius 2 is 1.96 bits per heavy atom. The topological polar surface area (TPSA) is 95.6 Å². The minimum Gasteiger partial charge on any atom is -0.508 e. The molecule has 2 aromatic rings. The van der Waals surface area contributed by atoms with Gasteiger partial charge in [0.15, 0.2) is 0 Å². The second-order valence-electron chi connectivity index (χ2n) is 6.34. The molecule has 5 N–H and O–H groups in total. The molecule has 0 radical (unpaired) electrons. The summed E-state index contributed by atoms with van der Waals surface area (Å²) in [6.45, 7) is 3.58. The van der Waals surface area contributed by atoms with E-state index in [-0.39, 0.29) is 11.7 Å². The molecular formula is C19H21IN2O3. The number of nitrogens with two attached hydrogens (primary N) is 1. The van der Waals surface area contributed by atoms with Crippen LogP contribution in [-0.4, -0.2) is 16.1 Å². The van der Waals surface area contributed by atoms with Crippen LogP contribution in [0.3, 0.4) is 0 Å². The van der Waals surface area contributed by atoms with Crippen LogP contribution < -0.4 is 11.1 Å². The molecule has 0 aliphatic heterocycles. The maximum Gasteiger partial charge on any atom is 0.248 e. The van der Waals surface area contributed by atoms with Gasteiger partial charge in [-0.3, -0.25) is 4.79 Å². The molecule has 0 unspecified atom stereocenters. The van der Waals surface area contributed by atoms with Gasteiger partial charge in [-0.05, 0) is 59.0 Å². The van der Waals surface area contributed by atoms with Crippen molar-refractivity contribution in [2.24, 2.45) is 5.41 Å². The SMILES string of the molecule is CC(C)(/C=C/C(=O)Nc1ccccc1N)[C@H](O)c1cc(I)ccc1O.